The van der Waals surface area contributed by atoms with E-state index in [1.165, 1.54) is 14.2 Å². The maximum Gasteiger partial charge on any atom is 0.257 e. The van der Waals surface area contributed by atoms with Gasteiger partial charge >= 0.3 is 0 Å². The van der Waals surface area contributed by atoms with Crippen molar-refractivity contribution in [2.75, 3.05) is 19.5 Å². The average Bonchev–Trinajstić information content (AvgIpc) is 3.21. The van der Waals surface area contributed by atoms with E-state index in [0.717, 1.165) is 6.07 Å². The second-order valence-corrected chi connectivity index (χ2v) is 6.95. The summed E-state index contributed by atoms with van der Waals surface area (Å²) in [4.78, 5) is 12.7. The van der Waals surface area contributed by atoms with Crippen LogP contribution in [0, 0.1) is 17.5 Å². The van der Waals surface area contributed by atoms with Crippen molar-refractivity contribution < 1.29 is 32.2 Å². The van der Waals surface area contributed by atoms with Crippen LogP contribution in [0.4, 0.5) is 19.0 Å². The Labute approximate surface area is 186 Å². The molecule has 170 valence electrons. The third kappa shape index (κ3) is 4.54. The maximum atomic E-state index is 13.8. The molecule has 4 aromatic rings. The molecule has 0 unspecified atom stereocenters. The number of hydrogen-bond acceptors (Lipinski definition) is 5. The smallest absolute Gasteiger partial charge is 0.257 e. The van der Waals surface area contributed by atoms with Crippen LogP contribution in [0.1, 0.15) is 15.9 Å². The molecule has 0 saturated heterocycles. The first-order chi connectivity index (χ1) is 15.9. The van der Waals surface area contributed by atoms with Gasteiger partial charge in [0.05, 0.1) is 19.7 Å². The van der Waals surface area contributed by atoms with Gasteiger partial charge in [0.2, 0.25) is 0 Å². The number of fused-ring (bicyclic) bond motifs is 1. The van der Waals surface area contributed by atoms with E-state index in [0.29, 0.717) is 45.6 Å². The number of hydrogen-bond donors (Lipinski definition) is 2. The number of amides is 1. The number of halogens is 3. The summed E-state index contributed by atoms with van der Waals surface area (Å²) in [6, 6.07) is 10.8. The van der Waals surface area contributed by atoms with Gasteiger partial charge in [-0.05, 0) is 36.4 Å². The van der Waals surface area contributed by atoms with Crippen molar-refractivity contribution in [3.63, 3.8) is 0 Å². The van der Waals surface area contributed by atoms with Crippen LogP contribution in [0.2, 0.25) is 0 Å². The molecule has 0 fully saturated rings. The number of carbonyl (C=O) groups excluding carboxylic acids is 1. The Balaban J connectivity index is 1.49. The van der Waals surface area contributed by atoms with E-state index in [-0.39, 0.29) is 12.2 Å². The molecule has 3 aromatic carbocycles. The summed E-state index contributed by atoms with van der Waals surface area (Å²) in [5.41, 5.74) is 0.764. The molecule has 0 atom stereocenters. The van der Waals surface area contributed by atoms with Crippen LogP contribution >= 0.6 is 0 Å². The highest BCUT2D eigenvalue weighted by Crippen LogP contribution is 2.29. The lowest BCUT2D eigenvalue weighted by atomic mass is 10.2. The number of H-pyrrole nitrogens is 1. The van der Waals surface area contributed by atoms with Crippen LogP contribution in [-0.2, 0) is 6.61 Å². The van der Waals surface area contributed by atoms with Crippen LogP contribution in [0.5, 0.6) is 17.2 Å². The molecule has 0 aliphatic carbocycles. The highest BCUT2D eigenvalue weighted by Gasteiger charge is 2.15. The maximum absolute atomic E-state index is 13.8. The molecule has 0 aliphatic rings. The Bertz CT molecular complexity index is 1340. The molecule has 1 heterocycles. The summed E-state index contributed by atoms with van der Waals surface area (Å²) in [6.07, 6.45) is 0. The van der Waals surface area contributed by atoms with E-state index in [1.807, 2.05) is 0 Å². The monoisotopic (exact) mass is 457 g/mol. The van der Waals surface area contributed by atoms with Crippen molar-refractivity contribution in [2.24, 2.45) is 0 Å². The second kappa shape index (κ2) is 9.11. The first kappa shape index (κ1) is 22.0. The van der Waals surface area contributed by atoms with Gasteiger partial charge < -0.3 is 19.5 Å². The summed E-state index contributed by atoms with van der Waals surface area (Å²) >= 11 is 0. The van der Waals surface area contributed by atoms with Crippen LogP contribution in [0.3, 0.4) is 0 Å². The van der Waals surface area contributed by atoms with Crippen molar-refractivity contribution in [1.82, 2.24) is 10.2 Å². The van der Waals surface area contributed by atoms with E-state index in [9.17, 15) is 18.0 Å². The fourth-order valence-corrected chi connectivity index (χ4v) is 3.18. The predicted octanol–water partition coefficient (Wildman–Crippen LogP) is 4.83. The van der Waals surface area contributed by atoms with E-state index in [1.54, 1.807) is 36.4 Å². The molecule has 2 N–H and O–H groups in total. The van der Waals surface area contributed by atoms with Gasteiger partial charge in [-0.1, -0.05) is 0 Å². The van der Waals surface area contributed by atoms with E-state index in [2.05, 4.69) is 15.5 Å². The van der Waals surface area contributed by atoms with E-state index >= 15 is 0 Å². The summed E-state index contributed by atoms with van der Waals surface area (Å²) in [7, 11) is 2.97. The predicted molar refractivity (Wildman–Crippen MR) is 114 cm³/mol. The number of anilines is 1. The number of aromatic nitrogens is 2. The Morgan fingerprint density at radius 1 is 0.939 bits per heavy atom. The number of aromatic amines is 1. The van der Waals surface area contributed by atoms with Crippen molar-refractivity contribution >= 4 is 22.6 Å². The lowest BCUT2D eigenvalue weighted by Gasteiger charge is -2.09. The first-order valence-corrected chi connectivity index (χ1v) is 9.67. The van der Waals surface area contributed by atoms with E-state index in [4.69, 9.17) is 14.2 Å². The van der Waals surface area contributed by atoms with Crippen molar-refractivity contribution in [2.45, 2.75) is 6.61 Å². The molecule has 7 nitrogen and oxygen atoms in total. The standard InChI is InChI=1S/C23H18F3N3O4/c1-31-20-6-3-12(8-21(20)32-2)23(30)27-22-15-5-4-14(9-19(15)28-29-22)33-11-13-7-17(25)18(26)10-16(13)24/h3-10H,11H2,1-2H3,(H2,27,28,29,30). The molecule has 0 aliphatic heterocycles. The average molecular weight is 457 g/mol. The summed E-state index contributed by atoms with van der Waals surface area (Å²) in [6.45, 7) is -0.300. The van der Waals surface area contributed by atoms with Gasteiger partial charge in [-0.25, -0.2) is 13.2 Å². The van der Waals surface area contributed by atoms with Gasteiger partial charge in [-0.2, -0.15) is 5.10 Å². The zero-order valence-electron chi connectivity index (χ0n) is 17.5. The third-order valence-corrected chi connectivity index (χ3v) is 4.90. The quantitative estimate of drug-likeness (QED) is 0.389. The van der Waals surface area contributed by atoms with E-state index < -0.39 is 23.4 Å². The highest BCUT2D eigenvalue weighted by atomic mass is 19.2. The molecule has 33 heavy (non-hydrogen) atoms. The third-order valence-electron chi connectivity index (χ3n) is 4.90. The van der Waals surface area contributed by atoms with Crippen molar-refractivity contribution in [3.8, 4) is 17.2 Å². The molecular formula is C23H18F3N3O4. The molecule has 0 spiro atoms. The zero-order valence-corrected chi connectivity index (χ0v) is 17.5. The normalized spacial score (nSPS) is 10.8. The number of nitrogens with zero attached hydrogens (tertiary/aromatic N) is 1. The van der Waals surface area contributed by atoms with Crippen LogP contribution in [0.15, 0.2) is 48.5 Å². The number of carbonyl (C=O) groups is 1. The molecule has 0 bridgehead atoms. The molecule has 0 saturated carbocycles. The number of nitrogens with one attached hydrogen (secondary N) is 2. The van der Waals surface area contributed by atoms with Gasteiger partial charge in [0.25, 0.3) is 5.91 Å². The Morgan fingerprint density at radius 3 is 2.45 bits per heavy atom. The summed E-state index contributed by atoms with van der Waals surface area (Å²) < 4.78 is 56.1. The molecule has 0 radical (unpaired) electrons. The first-order valence-electron chi connectivity index (χ1n) is 9.67. The number of ether oxygens (including phenoxy) is 3. The van der Waals surface area contributed by atoms with Gasteiger partial charge in [0, 0.05) is 28.6 Å². The van der Waals surface area contributed by atoms with Crippen LogP contribution in [-0.4, -0.2) is 30.3 Å². The van der Waals surface area contributed by atoms with Crippen LogP contribution in [0.25, 0.3) is 10.9 Å². The minimum Gasteiger partial charge on any atom is -0.493 e. The molecular weight excluding hydrogens is 439 g/mol. The van der Waals surface area contributed by atoms with Gasteiger partial charge in [-0.15, -0.1) is 0 Å². The summed E-state index contributed by atoms with van der Waals surface area (Å²) in [5, 5.41) is 10.2. The Hall–Kier alpha value is -4.21. The number of methoxy groups -OCH3 is 2. The minimum atomic E-state index is -1.27. The van der Waals surface area contributed by atoms with Crippen molar-refractivity contribution in [1.29, 1.82) is 0 Å². The highest BCUT2D eigenvalue weighted by molar-refractivity contribution is 6.08. The topological polar surface area (TPSA) is 85.5 Å². The Kier molecular flexibility index (Phi) is 6.07. The molecule has 10 heteroatoms. The number of rotatable bonds is 7. The molecule has 1 amide bonds. The fraction of sp³-hybridized carbons (Fsp3) is 0.130. The lowest BCUT2D eigenvalue weighted by molar-refractivity contribution is 0.102. The summed E-state index contributed by atoms with van der Waals surface area (Å²) in [5.74, 6) is -2.19. The molecule has 1 aromatic heterocycles. The van der Waals surface area contributed by atoms with Gasteiger partial charge in [0.15, 0.2) is 29.0 Å². The fourth-order valence-electron chi connectivity index (χ4n) is 3.18. The lowest BCUT2D eigenvalue weighted by Crippen LogP contribution is -2.12. The largest absolute Gasteiger partial charge is 0.493 e. The van der Waals surface area contributed by atoms with Crippen LogP contribution < -0.4 is 19.5 Å². The number of benzene rings is 3. The second-order valence-electron chi connectivity index (χ2n) is 6.95. The molecule has 4 rings (SSSR count). The van der Waals surface area contributed by atoms with Crippen molar-refractivity contribution in [3.05, 3.63) is 77.1 Å². The van der Waals surface area contributed by atoms with Gasteiger partial charge in [-0.3, -0.25) is 9.89 Å². The van der Waals surface area contributed by atoms with Gasteiger partial charge in [0.1, 0.15) is 18.2 Å². The SMILES string of the molecule is COc1ccc(C(=O)Nc2n[nH]c3cc(OCc4cc(F)c(F)cc4F)ccc23)cc1OC. The minimum absolute atomic E-state index is 0.124. The Morgan fingerprint density at radius 2 is 1.70 bits per heavy atom. The zero-order chi connectivity index (χ0) is 23.5.